The third kappa shape index (κ3) is 4.00. The first-order valence-electron chi connectivity index (χ1n) is 5.31. The van der Waals surface area contributed by atoms with Crippen molar-refractivity contribution in [2.45, 2.75) is 19.4 Å². The number of amides is 1. The third-order valence-corrected chi connectivity index (χ3v) is 3.01. The van der Waals surface area contributed by atoms with Gasteiger partial charge >= 0.3 is 5.97 Å². The Balaban J connectivity index is 2.72. The first-order chi connectivity index (χ1) is 8.33. The lowest BCUT2D eigenvalue weighted by atomic mass is 10.1. The molecule has 4 nitrogen and oxygen atoms in total. The van der Waals surface area contributed by atoms with Crippen molar-refractivity contribution in [1.82, 2.24) is 5.32 Å². The molecule has 0 bridgehead atoms. The number of halogens is 1. The minimum atomic E-state index is -1.28. The monoisotopic (exact) mass is 311 g/mol. The second kappa shape index (κ2) is 5.82. The summed E-state index contributed by atoms with van der Waals surface area (Å²) in [5.41, 5.74) is -0.434. The molecule has 0 spiro atoms. The summed E-state index contributed by atoms with van der Waals surface area (Å²) >= 11 is 3.35. The van der Waals surface area contributed by atoms with Crippen LogP contribution in [0, 0.1) is 0 Å². The molecule has 1 amide bonds. The van der Waals surface area contributed by atoms with Crippen LogP contribution in [-0.2, 0) is 9.59 Å². The Bertz CT molecular complexity index is 495. The number of hydrogen-bond donors (Lipinski definition) is 2. The number of hydrogen-bond acceptors (Lipinski definition) is 2. The van der Waals surface area contributed by atoms with Gasteiger partial charge in [0.1, 0.15) is 5.54 Å². The van der Waals surface area contributed by atoms with Gasteiger partial charge in [0.15, 0.2) is 0 Å². The molecule has 0 aliphatic heterocycles. The number of benzene rings is 1. The van der Waals surface area contributed by atoms with Crippen LogP contribution >= 0.6 is 15.9 Å². The molecule has 1 aromatic rings. The number of carboxylic acids is 1. The fraction of sp³-hybridized carbons (Fsp3) is 0.231. The molecule has 96 valence electrons. The normalized spacial score (nSPS) is 11.5. The second-order valence-electron chi connectivity index (χ2n) is 4.27. The lowest BCUT2D eigenvalue weighted by molar-refractivity contribution is -0.145. The number of rotatable bonds is 4. The molecule has 0 radical (unpaired) electrons. The Hall–Kier alpha value is -1.62. The maximum atomic E-state index is 11.6. The summed E-state index contributed by atoms with van der Waals surface area (Å²) in [6.07, 6.45) is 2.93. The Kier molecular flexibility index (Phi) is 4.67. The van der Waals surface area contributed by atoms with E-state index in [2.05, 4.69) is 21.2 Å². The minimum Gasteiger partial charge on any atom is -0.480 e. The first kappa shape index (κ1) is 14.4. The zero-order valence-electron chi connectivity index (χ0n) is 10.1. The van der Waals surface area contributed by atoms with Gasteiger partial charge in [0.25, 0.3) is 0 Å². The molecule has 0 heterocycles. The van der Waals surface area contributed by atoms with E-state index in [1.807, 2.05) is 24.3 Å². The van der Waals surface area contributed by atoms with Crippen LogP contribution in [0.4, 0.5) is 0 Å². The maximum Gasteiger partial charge on any atom is 0.328 e. The number of aliphatic carboxylic acids is 1. The van der Waals surface area contributed by atoms with Gasteiger partial charge in [-0.05, 0) is 31.6 Å². The molecule has 2 N–H and O–H groups in total. The molecule has 0 saturated carbocycles. The zero-order chi connectivity index (χ0) is 13.8. The van der Waals surface area contributed by atoms with E-state index in [1.165, 1.54) is 19.9 Å². The van der Waals surface area contributed by atoms with Crippen molar-refractivity contribution in [1.29, 1.82) is 0 Å². The van der Waals surface area contributed by atoms with Gasteiger partial charge in [-0.2, -0.15) is 0 Å². The Labute approximate surface area is 114 Å². The topological polar surface area (TPSA) is 66.4 Å². The van der Waals surface area contributed by atoms with Gasteiger partial charge in [0.2, 0.25) is 5.91 Å². The van der Waals surface area contributed by atoms with E-state index in [1.54, 1.807) is 6.08 Å². The number of nitrogens with one attached hydrogen (secondary N) is 1. The predicted octanol–water partition coefficient (Wildman–Crippen LogP) is 2.44. The van der Waals surface area contributed by atoms with E-state index in [9.17, 15) is 9.59 Å². The van der Waals surface area contributed by atoms with E-state index >= 15 is 0 Å². The van der Waals surface area contributed by atoms with E-state index < -0.39 is 17.4 Å². The lowest BCUT2D eigenvalue weighted by Crippen LogP contribution is -2.49. The van der Waals surface area contributed by atoms with Crippen LogP contribution in [0.1, 0.15) is 19.4 Å². The van der Waals surface area contributed by atoms with Crippen LogP contribution < -0.4 is 5.32 Å². The van der Waals surface area contributed by atoms with E-state index in [-0.39, 0.29) is 0 Å². The smallest absolute Gasteiger partial charge is 0.328 e. The van der Waals surface area contributed by atoms with Crippen LogP contribution in [0.5, 0.6) is 0 Å². The van der Waals surface area contributed by atoms with E-state index in [0.29, 0.717) is 0 Å². The van der Waals surface area contributed by atoms with Crippen molar-refractivity contribution >= 4 is 33.9 Å². The molecule has 1 aromatic carbocycles. The highest BCUT2D eigenvalue weighted by atomic mass is 79.9. The van der Waals surface area contributed by atoms with Crippen LogP contribution in [0.25, 0.3) is 6.08 Å². The van der Waals surface area contributed by atoms with Gasteiger partial charge in [-0.15, -0.1) is 0 Å². The van der Waals surface area contributed by atoms with Crippen molar-refractivity contribution < 1.29 is 14.7 Å². The molecule has 1 rings (SSSR count). The van der Waals surface area contributed by atoms with Gasteiger partial charge < -0.3 is 10.4 Å². The van der Waals surface area contributed by atoms with Crippen molar-refractivity contribution in [2.24, 2.45) is 0 Å². The standard InChI is InChI=1S/C13H14BrNO3/c1-13(2,12(17)18)15-11(16)8-7-9-5-3-4-6-10(9)14/h3-8H,1-2H3,(H,15,16)(H,17,18)/b8-7+. The van der Waals surface area contributed by atoms with E-state index in [0.717, 1.165) is 10.0 Å². The molecule has 18 heavy (non-hydrogen) atoms. The van der Waals surface area contributed by atoms with Crippen LogP contribution in [-0.4, -0.2) is 22.5 Å². The summed E-state index contributed by atoms with van der Waals surface area (Å²) in [5.74, 6) is -1.52. The Morgan fingerprint density at radius 2 is 1.94 bits per heavy atom. The van der Waals surface area contributed by atoms with Gasteiger partial charge in [-0.3, -0.25) is 4.79 Å². The third-order valence-electron chi connectivity index (χ3n) is 2.29. The summed E-state index contributed by atoms with van der Waals surface area (Å²) in [7, 11) is 0. The maximum absolute atomic E-state index is 11.6. The highest BCUT2D eigenvalue weighted by Gasteiger charge is 2.27. The Morgan fingerprint density at radius 3 is 2.50 bits per heavy atom. The van der Waals surface area contributed by atoms with E-state index in [4.69, 9.17) is 5.11 Å². The summed E-state index contributed by atoms with van der Waals surface area (Å²) in [5, 5.41) is 11.3. The largest absolute Gasteiger partial charge is 0.480 e. The lowest BCUT2D eigenvalue weighted by Gasteiger charge is -2.19. The molecule has 0 unspecified atom stereocenters. The fourth-order valence-corrected chi connectivity index (χ4v) is 1.60. The van der Waals surface area contributed by atoms with Crippen molar-refractivity contribution in [3.05, 3.63) is 40.4 Å². The summed E-state index contributed by atoms with van der Waals surface area (Å²) in [6.45, 7) is 2.86. The van der Waals surface area contributed by atoms with Gasteiger partial charge in [-0.1, -0.05) is 34.1 Å². The minimum absolute atomic E-state index is 0.446. The van der Waals surface area contributed by atoms with Crippen LogP contribution in [0.3, 0.4) is 0 Å². The summed E-state index contributed by atoms with van der Waals surface area (Å²) in [4.78, 5) is 22.4. The number of carbonyl (C=O) groups is 2. The molecule has 0 saturated heterocycles. The molecular weight excluding hydrogens is 298 g/mol. The van der Waals surface area contributed by atoms with Crippen molar-refractivity contribution in [3.63, 3.8) is 0 Å². The quantitative estimate of drug-likeness (QED) is 0.839. The average Bonchev–Trinajstić information content (AvgIpc) is 2.27. The highest BCUT2D eigenvalue weighted by Crippen LogP contribution is 2.17. The predicted molar refractivity (Wildman–Crippen MR) is 73.0 cm³/mol. The number of carbonyl (C=O) groups excluding carboxylic acids is 1. The van der Waals surface area contributed by atoms with Gasteiger partial charge in [-0.25, -0.2) is 4.79 Å². The molecule has 0 fully saturated rings. The molecule has 0 aliphatic carbocycles. The van der Waals surface area contributed by atoms with Crippen LogP contribution in [0.15, 0.2) is 34.8 Å². The zero-order valence-corrected chi connectivity index (χ0v) is 11.7. The SMILES string of the molecule is CC(C)(NC(=O)/C=C/c1ccccc1Br)C(=O)O. The first-order valence-corrected chi connectivity index (χ1v) is 6.10. The van der Waals surface area contributed by atoms with Crippen molar-refractivity contribution in [2.75, 3.05) is 0 Å². The van der Waals surface area contributed by atoms with Gasteiger partial charge in [0.05, 0.1) is 0 Å². The fourth-order valence-electron chi connectivity index (χ4n) is 1.18. The summed E-state index contributed by atoms with van der Waals surface area (Å²) < 4.78 is 0.867. The highest BCUT2D eigenvalue weighted by molar-refractivity contribution is 9.10. The average molecular weight is 312 g/mol. The number of carboxylic acid groups (broad SMARTS) is 1. The molecule has 5 heteroatoms. The van der Waals surface area contributed by atoms with Crippen LogP contribution in [0.2, 0.25) is 0 Å². The van der Waals surface area contributed by atoms with Gasteiger partial charge in [0, 0.05) is 10.5 Å². The second-order valence-corrected chi connectivity index (χ2v) is 5.13. The molecule has 0 aromatic heterocycles. The summed E-state index contributed by atoms with van der Waals surface area (Å²) in [6, 6.07) is 7.42. The molecular formula is C13H14BrNO3. The Morgan fingerprint density at radius 1 is 1.33 bits per heavy atom. The van der Waals surface area contributed by atoms with Crippen molar-refractivity contribution in [3.8, 4) is 0 Å². The molecule has 0 atom stereocenters. The molecule has 0 aliphatic rings.